The van der Waals surface area contributed by atoms with Gasteiger partial charge in [0.05, 0.1) is 11.4 Å². The van der Waals surface area contributed by atoms with Crippen LogP contribution in [-0.2, 0) is 0 Å². The molecule has 2 nitrogen and oxygen atoms in total. The summed E-state index contributed by atoms with van der Waals surface area (Å²) in [5, 5.41) is 3.58. The standard InChI is InChI=1S/C22H22N2/c1-17(19-11-5-3-6-12-19)23-21-15-9-10-16-22(21)24-18(2)20-13-7-4-8-14-20/h3-17,23H,1-2H3/t17-/m0/s1. The normalized spacial score (nSPS) is 12.7. The summed E-state index contributed by atoms with van der Waals surface area (Å²) in [6.07, 6.45) is 0. The number of benzene rings is 3. The third-order valence-electron chi connectivity index (χ3n) is 4.06. The van der Waals surface area contributed by atoms with Crippen molar-refractivity contribution in [2.45, 2.75) is 19.9 Å². The van der Waals surface area contributed by atoms with Gasteiger partial charge in [0.25, 0.3) is 0 Å². The lowest BCUT2D eigenvalue weighted by Gasteiger charge is -2.17. The Morgan fingerprint density at radius 3 is 2.08 bits per heavy atom. The van der Waals surface area contributed by atoms with E-state index in [1.807, 2.05) is 49.4 Å². The highest BCUT2D eigenvalue weighted by Gasteiger charge is 2.08. The molecule has 2 heteroatoms. The molecule has 3 rings (SSSR count). The van der Waals surface area contributed by atoms with Crippen molar-refractivity contribution in [2.24, 2.45) is 4.99 Å². The van der Waals surface area contributed by atoms with Gasteiger partial charge in [-0.3, -0.25) is 4.99 Å². The fraction of sp³-hybridized carbons (Fsp3) is 0.136. The minimum Gasteiger partial charge on any atom is -0.377 e. The largest absolute Gasteiger partial charge is 0.377 e. The van der Waals surface area contributed by atoms with E-state index in [1.165, 1.54) is 5.56 Å². The van der Waals surface area contributed by atoms with Crippen molar-refractivity contribution in [1.82, 2.24) is 0 Å². The number of para-hydroxylation sites is 2. The Labute approximate surface area is 143 Å². The first-order valence-electron chi connectivity index (χ1n) is 8.25. The molecule has 0 saturated carbocycles. The Balaban J connectivity index is 1.86. The molecule has 0 aliphatic rings. The molecule has 0 spiro atoms. The molecule has 0 unspecified atom stereocenters. The van der Waals surface area contributed by atoms with Crippen molar-refractivity contribution in [3.63, 3.8) is 0 Å². The zero-order valence-electron chi connectivity index (χ0n) is 14.1. The third-order valence-corrected chi connectivity index (χ3v) is 4.06. The molecular formula is C22H22N2. The van der Waals surface area contributed by atoms with Gasteiger partial charge in [0.1, 0.15) is 0 Å². The molecule has 1 N–H and O–H groups in total. The van der Waals surface area contributed by atoms with Gasteiger partial charge in [-0.05, 0) is 37.1 Å². The van der Waals surface area contributed by atoms with Crippen LogP contribution in [0, 0.1) is 0 Å². The summed E-state index contributed by atoms with van der Waals surface area (Å²) >= 11 is 0. The van der Waals surface area contributed by atoms with E-state index in [1.54, 1.807) is 0 Å². The highest BCUT2D eigenvalue weighted by Crippen LogP contribution is 2.29. The minimum absolute atomic E-state index is 0.222. The van der Waals surface area contributed by atoms with Crippen LogP contribution in [0.2, 0.25) is 0 Å². The van der Waals surface area contributed by atoms with Crippen LogP contribution in [-0.4, -0.2) is 5.71 Å². The van der Waals surface area contributed by atoms with Crippen LogP contribution in [0.1, 0.15) is 31.0 Å². The Hall–Kier alpha value is -2.87. The molecule has 0 aliphatic carbocycles. The monoisotopic (exact) mass is 314 g/mol. The summed E-state index contributed by atoms with van der Waals surface area (Å²) in [6, 6.07) is 29.1. The number of nitrogens with zero attached hydrogens (tertiary/aromatic N) is 1. The van der Waals surface area contributed by atoms with Crippen molar-refractivity contribution in [3.8, 4) is 0 Å². The highest BCUT2D eigenvalue weighted by molar-refractivity contribution is 6.00. The number of rotatable bonds is 5. The van der Waals surface area contributed by atoms with Crippen molar-refractivity contribution < 1.29 is 0 Å². The van der Waals surface area contributed by atoms with E-state index >= 15 is 0 Å². The van der Waals surface area contributed by atoms with Gasteiger partial charge in [-0.2, -0.15) is 0 Å². The van der Waals surface area contributed by atoms with Crippen LogP contribution >= 0.6 is 0 Å². The lowest BCUT2D eigenvalue weighted by atomic mass is 10.1. The number of anilines is 1. The fourth-order valence-corrected chi connectivity index (χ4v) is 2.68. The molecule has 3 aromatic rings. The van der Waals surface area contributed by atoms with E-state index in [0.717, 1.165) is 22.6 Å². The van der Waals surface area contributed by atoms with E-state index in [4.69, 9.17) is 4.99 Å². The molecule has 0 fully saturated rings. The second-order valence-corrected chi connectivity index (χ2v) is 5.86. The van der Waals surface area contributed by atoms with Crippen LogP contribution in [0.3, 0.4) is 0 Å². The maximum Gasteiger partial charge on any atom is 0.0864 e. The van der Waals surface area contributed by atoms with Gasteiger partial charge in [0.2, 0.25) is 0 Å². The van der Waals surface area contributed by atoms with Gasteiger partial charge in [0.15, 0.2) is 0 Å². The van der Waals surface area contributed by atoms with Crippen LogP contribution in [0.25, 0.3) is 0 Å². The van der Waals surface area contributed by atoms with E-state index in [0.29, 0.717) is 0 Å². The summed E-state index contributed by atoms with van der Waals surface area (Å²) in [6.45, 7) is 4.21. The SMILES string of the molecule is CC(=Nc1ccccc1N[C@@H](C)c1ccccc1)c1ccccc1. The summed E-state index contributed by atoms with van der Waals surface area (Å²) < 4.78 is 0. The molecule has 0 saturated heterocycles. The maximum absolute atomic E-state index is 4.83. The number of nitrogens with one attached hydrogen (secondary N) is 1. The fourth-order valence-electron chi connectivity index (χ4n) is 2.68. The molecule has 0 aliphatic heterocycles. The van der Waals surface area contributed by atoms with Crippen molar-refractivity contribution in [1.29, 1.82) is 0 Å². The molecule has 0 radical (unpaired) electrons. The van der Waals surface area contributed by atoms with Crippen molar-refractivity contribution in [3.05, 3.63) is 96.1 Å². The molecule has 0 heterocycles. The maximum atomic E-state index is 4.83. The summed E-state index contributed by atoms with van der Waals surface area (Å²) in [4.78, 5) is 4.83. The van der Waals surface area contributed by atoms with Gasteiger partial charge in [-0.25, -0.2) is 0 Å². The van der Waals surface area contributed by atoms with E-state index in [-0.39, 0.29) is 6.04 Å². The van der Waals surface area contributed by atoms with E-state index in [9.17, 15) is 0 Å². The van der Waals surface area contributed by atoms with E-state index in [2.05, 4.69) is 54.7 Å². The topological polar surface area (TPSA) is 24.4 Å². The van der Waals surface area contributed by atoms with Crippen molar-refractivity contribution >= 4 is 17.1 Å². The van der Waals surface area contributed by atoms with Gasteiger partial charge in [0, 0.05) is 11.8 Å². The molecular weight excluding hydrogens is 292 g/mol. The Morgan fingerprint density at radius 2 is 1.38 bits per heavy atom. The molecule has 0 aromatic heterocycles. The summed E-state index contributed by atoms with van der Waals surface area (Å²) in [7, 11) is 0. The van der Waals surface area contributed by atoms with Crippen LogP contribution < -0.4 is 5.32 Å². The average molecular weight is 314 g/mol. The summed E-state index contributed by atoms with van der Waals surface area (Å²) in [5.74, 6) is 0. The zero-order valence-corrected chi connectivity index (χ0v) is 14.1. The quantitative estimate of drug-likeness (QED) is 0.574. The molecule has 0 bridgehead atoms. The molecule has 3 aromatic carbocycles. The van der Waals surface area contributed by atoms with Gasteiger partial charge in [-0.1, -0.05) is 72.8 Å². The average Bonchev–Trinajstić information content (AvgIpc) is 2.64. The molecule has 0 amide bonds. The van der Waals surface area contributed by atoms with Crippen LogP contribution in [0.5, 0.6) is 0 Å². The van der Waals surface area contributed by atoms with Crippen LogP contribution in [0.4, 0.5) is 11.4 Å². The van der Waals surface area contributed by atoms with Gasteiger partial charge >= 0.3 is 0 Å². The van der Waals surface area contributed by atoms with E-state index < -0.39 is 0 Å². The number of hydrogen-bond acceptors (Lipinski definition) is 2. The Kier molecular flexibility index (Phi) is 5.07. The van der Waals surface area contributed by atoms with Gasteiger partial charge in [-0.15, -0.1) is 0 Å². The van der Waals surface area contributed by atoms with Crippen molar-refractivity contribution in [2.75, 3.05) is 5.32 Å². The minimum atomic E-state index is 0.222. The molecule has 120 valence electrons. The second-order valence-electron chi connectivity index (χ2n) is 5.86. The predicted molar refractivity (Wildman–Crippen MR) is 103 cm³/mol. The highest BCUT2D eigenvalue weighted by atomic mass is 14.9. The summed E-state index contributed by atoms with van der Waals surface area (Å²) in [5.41, 5.74) is 5.42. The smallest absolute Gasteiger partial charge is 0.0864 e. The first-order valence-corrected chi connectivity index (χ1v) is 8.25. The lowest BCUT2D eigenvalue weighted by Crippen LogP contribution is -2.06. The lowest BCUT2D eigenvalue weighted by molar-refractivity contribution is 0.885. The predicted octanol–water partition coefficient (Wildman–Crippen LogP) is 6.00. The first kappa shape index (κ1) is 16.0. The Bertz CT molecular complexity index is 808. The van der Waals surface area contributed by atoms with Crippen LogP contribution in [0.15, 0.2) is 89.9 Å². The third kappa shape index (κ3) is 3.90. The molecule has 1 atom stereocenters. The number of hydrogen-bond donors (Lipinski definition) is 1. The second kappa shape index (κ2) is 7.60. The molecule has 24 heavy (non-hydrogen) atoms. The number of aliphatic imine (C=N–C) groups is 1. The first-order chi connectivity index (χ1) is 11.7. The Morgan fingerprint density at radius 1 is 0.792 bits per heavy atom. The van der Waals surface area contributed by atoms with Gasteiger partial charge < -0.3 is 5.32 Å². The zero-order chi connectivity index (χ0) is 16.8.